The molecule has 1 unspecified atom stereocenters. The molecular weight excluding hydrogens is 209 g/mol. The van der Waals surface area contributed by atoms with E-state index in [1.165, 1.54) is 4.42 Å². The van der Waals surface area contributed by atoms with Crippen LogP contribution < -0.4 is 4.42 Å². The van der Waals surface area contributed by atoms with Gasteiger partial charge in [0.25, 0.3) is 0 Å². The molecule has 1 N–H and O–H groups in total. The summed E-state index contributed by atoms with van der Waals surface area (Å²) in [6.07, 6.45) is -0.00709. The van der Waals surface area contributed by atoms with Crippen LogP contribution in [0.4, 0.5) is 5.69 Å². The second kappa shape index (κ2) is 6.08. The lowest BCUT2D eigenvalue weighted by atomic mass is 10.3. The highest BCUT2D eigenvalue weighted by atomic mass is 35.5. The first-order valence-electron chi connectivity index (χ1n) is 3.94. The zero-order chi connectivity index (χ0) is 8.97. The number of aliphatic hydroxyl groups excluding tert-OH is 1. The van der Waals surface area contributed by atoms with E-state index in [4.69, 9.17) is 11.8 Å². The Morgan fingerprint density at radius 1 is 1.38 bits per heavy atom. The van der Waals surface area contributed by atoms with Crippen molar-refractivity contribution in [3.05, 3.63) is 30.3 Å². The number of hydrogen-bond donors (Lipinski definition) is 1. The van der Waals surface area contributed by atoms with E-state index < -0.39 is 6.23 Å². The predicted octanol–water partition coefficient (Wildman–Crippen LogP) is 2.80. The van der Waals surface area contributed by atoms with Crippen molar-refractivity contribution in [2.45, 2.75) is 19.6 Å². The van der Waals surface area contributed by atoms with E-state index in [0.717, 1.165) is 5.69 Å². The highest BCUT2D eigenvalue weighted by Crippen LogP contribution is 2.18. The third-order valence-electron chi connectivity index (χ3n) is 1.63. The van der Waals surface area contributed by atoms with Gasteiger partial charge in [0.05, 0.1) is 5.69 Å². The fraction of sp³-hybridized carbons (Fsp3) is 0.333. The summed E-state index contributed by atoms with van der Waals surface area (Å²) in [6.45, 7) is 1.88. The van der Waals surface area contributed by atoms with E-state index in [1.54, 1.807) is 0 Å². The fourth-order valence-electron chi connectivity index (χ4n) is 0.903. The van der Waals surface area contributed by atoms with Crippen LogP contribution in [0.5, 0.6) is 0 Å². The Labute approximate surface area is 89.6 Å². The van der Waals surface area contributed by atoms with E-state index >= 15 is 0 Å². The van der Waals surface area contributed by atoms with E-state index in [1.807, 2.05) is 37.3 Å². The molecule has 4 heteroatoms. The zero-order valence-corrected chi connectivity index (χ0v) is 8.92. The summed E-state index contributed by atoms with van der Waals surface area (Å²) in [5.74, 6) is 0. The van der Waals surface area contributed by atoms with Gasteiger partial charge in [-0.1, -0.05) is 25.1 Å². The smallest absolute Gasteiger partial charge is 0.141 e. The second-order valence-corrected chi connectivity index (χ2v) is 2.90. The minimum atomic E-state index is -0.617. The van der Waals surface area contributed by atoms with Crippen molar-refractivity contribution in [3.8, 4) is 0 Å². The Kier molecular flexibility index (Phi) is 5.88. The van der Waals surface area contributed by atoms with Gasteiger partial charge in [-0.25, -0.2) is 0 Å². The van der Waals surface area contributed by atoms with Crippen LogP contribution in [0.1, 0.15) is 13.3 Å². The van der Waals surface area contributed by atoms with Gasteiger partial charge in [0.2, 0.25) is 0 Å². The lowest BCUT2D eigenvalue weighted by Gasteiger charge is -2.20. The molecule has 13 heavy (non-hydrogen) atoms. The third kappa shape index (κ3) is 3.43. The van der Waals surface area contributed by atoms with Crippen LogP contribution >= 0.6 is 24.2 Å². The number of anilines is 1. The van der Waals surface area contributed by atoms with Crippen LogP contribution in [0.3, 0.4) is 0 Å². The Hall–Kier alpha value is -0.440. The molecule has 2 nitrogen and oxygen atoms in total. The van der Waals surface area contributed by atoms with Gasteiger partial charge in [-0.15, -0.1) is 12.4 Å². The number of hydrogen-bond acceptors (Lipinski definition) is 2. The first-order chi connectivity index (χ1) is 5.75. The predicted molar refractivity (Wildman–Crippen MR) is 58.3 cm³/mol. The molecule has 0 radical (unpaired) electrons. The lowest BCUT2D eigenvalue weighted by Crippen LogP contribution is -2.25. The molecule has 0 spiro atoms. The molecule has 74 valence electrons. The van der Waals surface area contributed by atoms with Crippen molar-refractivity contribution in [2.75, 3.05) is 4.42 Å². The molecule has 1 aromatic carbocycles. The van der Waals surface area contributed by atoms with Gasteiger partial charge < -0.3 is 5.11 Å². The van der Waals surface area contributed by atoms with Crippen LogP contribution in [0, 0.1) is 0 Å². The average molecular weight is 222 g/mol. The number of benzene rings is 1. The number of halogens is 2. The van der Waals surface area contributed by atoms with Crippen LogP contribution in [0.25, 0.3) is 0 Å². The van der Waals surface area contributed by atoms with E-state index in [9.17, 15) is 5.11 Å². The Bertz CT molecular complexity index is 230. The molecular formula is C9H13Cl2NO. The number of rotatable bonds is 3. The van der Waals surface area contributed by atoms with Crippen LogP contribution in [-0.4, -0.2) is 11.3 Å². The minimum Gasteiger partial charge on any atom is -0.372 e. The molecule has 0 aliphatic rings. The maximum atomic E-state index is 9.37. The number of nitrogens with zero attached hydrogens (tertiary/aromatic N) is 1. The highest BCUT2D eigenvalue weighted by Gasteiger charge is 2.10. The van der Waals surface area contributed by atoms with Gasteiger partial charge in [-0.05, 0) is 18.6 Å². The lowest BCUT2D eigenvalue weighted by molar-refractivity contribution is 0.183. The van der Waals surface area contributed by atoms with Crippen molar-refractivity contribution in [1.29, 1.82) is 0 Å². The maximum Gasteiger partial charge on any atom is 0.141 e. The average Bonchev–Trinajstić information content (AvgIpc) is 2.17. The number of para-hydroxylation sites is 1. The van der Waals surface area contributed by atoms with Crippen LogP contribution in [0.15, 0.2) is 30.3 Å². The molecule has 0 saturated carbocycles. The molecule has 1 rings (SSSR count). The van der Waals surface area contributed by atoms with Crippen molar-refractivity contribution in [1.82, 2.24) is 0 Å². The Morgan fingerprint density at radius 2 is 1.92 bits per heavy atom. The summed E-state index contributed by atoms with van der Waals surface area (Å²) in [5, 5.41) is 9.37. The summed E-state index contributed by atoms with van der Waals surface area (Å²) < 4.78 is 1.33. The largest absolute Gasteiger partial charge is 0.372 e. The standard InChI is InChI=1S/C9H12ClNO.ClH/c1-2-9(12)11(10)8-6-4-3-5-7-8;/h3-7,9,12H,2H2,1H3;1H. The molecule has 1 atom stereocenters. The van der Waals surface area contributed by atoms with E-state index in [2.05, 4.69) is 0 Å². The molecule has 0 heterocycles. The first kappa shape index (κ1) is 12.6. The van der Waals surface area contributed by atoms with Gasteiger partial charge in [-0.2, -0.15) is 0 Å². The highest BCUT2D eigenvalue weighted by molar-refractivity contribution is 6.25. The molecule has 0 aliphatic heterocycles. The molecule has 1 aromatic rings. The summed E-state index contributed by atoms with van der Waals surface area (Å²) in [7, 11) is 0. The summed E-state index contributed by atoms with van der Waals surface area (Å²) in [5.41, 5.74) is 0.813. The fourth-order valence-corrected chi connectivity index (χ4v) is 1.15. The van der Waals surface area contributed by atoms with Gasteiger partial charge in [-0.3, -0.25) is 4.42 Å². The minimum absolute atomic E-state index is 0. The van der Waals surface area contributed by atoms with Gasteiger partial charge in [0, 0.05) is 11.8 Å². The topological polar surface area (TPSA) is 23.5 Å². The molecule has 0 saturated heterocycles. The first-order valence-corrected chi connectivity index (χ1v) is 4.27. The van der Waals surface area contributed by atoms with Gasteiger partial charge in [0.15, 0.2) is 0 Å². The normalized spacial score (nSPS) is 11.6. The zero-order valence-electron chi connectivity index (χ0n) is 7.35. The van der Waals surface area contributed by atoms with E-state index in [0.29, 0.717) is 6.42 Å². The van der Waals surface area contributed by atoms with Gasteiger partial charge in [0.1, 0.15) is 6.23 Å². The maximum absolute atomic E-state index is 9.37. The van der Waals surface area contributed by atoms with E-state index in [-0.39, 0.29) is 12.4 Å². The Morgan fingerprint density at radius 3 is 2.38 bits per heavy atom. The second-order valence-electron chi connectivity index (χ2n) is 2.54. The molecule has 0 fully saturated rings. The van der Waals surface area contributed by atoms with Crippen molar-refractivity contribution >= 4 is 29.9 Å². The monoisotopic (exact) mass is 221 g/mol. The Balaban J connectivity index is 0.00000144. The van der Waals surface area contributed by atoms with Crippen LogP contribution in [0.2, 0.25) is 0 Å². The quantitative estimate of drug-likeness (QED) is 0.627. The molecule has 0 amide bonds. The van der Waals surface area contributed by atoms with Crippen LogP contribution in [-0.2, 0) is 0 Å². The molecule has 0 aromatic heterocycles. The summed E-state index contributed by atoms with van der Waals surface area (Å²) >= 11 is 5.84. The third-order valence-corrected chi connectivity index (χ3v) is 2.05. The summed E-state index contributed by atoms with van der Waals surface area (Å²) in [6, 6.07) is 9.38. The molecule has 0 aliphatic carbocycles. The molecule has 0 bridgehead atoms. The summed E-state index contributed by atoms with van der Waals surface area (Å²) in [4.78, 5) is 0. The van der Waals surface area contributed by atoms with Crippen molar-refractivity contribution < 1.29 is 5.11 Å². The van der Waals surface area contributed by atoms with Crippen molar-refractivity contribution in [3.63, 3.8) is 0 Å². The van der Waals surface area contributed by atoms with Gasteiger partial charge >= 0.3 is 0 Å². The SMILES string of the molecule is CCC(O)N(Cl)c1ccccc1.Cl. The van der Waals surface area contributed by atoms with Crippen molar-refractivity contribution in [2.24, 2.45) is 0 Å². The number of aliphatic hydroxyl groups is 1.